The topological polar surface area (TPSA) is 55.8 Å². The number of carbonyl (C=O) groups excluding carboxylic acids is 2. The van der Waals surface area contributed by atoms with E-state index >= 15 is 0 Å². The van der Waals surface area contributed by atoms with E-state index in [1.54, 1.807) is 37.3 Å². The summed E-state index contributed by atoms with van der Waals surface area (Å²) in [6.45, 7) is 0. The van der Waals surface area contributed by atoms with E-state index in [-0.39, 0.29) is 24.0 Å². The van der Waals surface area contributed by atoms with E-state index in [2.05, 4.69) is 0 Å². The second-order valence-electron chi connectivity index (χ2n) is 7.48. The molecular weight excluding hydrogens is 378 g/mol. The molecule has 0 N–H and O–H groups in total. The summed E-state index contributed by atoms with van der Waals surface area (Å²) in [7, 11) is 3.16. The normalized spacial score (nSPS) is 19.3. The average Bonchev–Trinajstić information content (AvgIpc) is 2.78. The van der Waals surface area contributed by atoms with E-state index in [1.807, 2.05) is 42.5 Å². The third kappa shape index (κ3) is 3.75. The molecule has 0 fully saturated rings. The zero-order chi connectivity index (χ0) is 21.1. The van der Waals surface area contributed by atoms with Crippen molar-refractivity contribution in [1.29, 1.82) is 0 Å². The first-order chi connectivity index (χ1) is 14.6. The zero-order valence-electron chi connectivity index (χ0n) is 17.3. The highest BCUT2D eigenvalue weighted by atomic mass is 16.5. The van der Waals surface area contributed by atoms with Gasteiger partial charge in [0, 0.05) is 36.1 Å². The van der Waals surface area contributed by atoms with Gasteiger partial charge < -0.3 is 9.47 Å². The number of rotatable bonds is 5. The van der Waals surface area contributed by atoms with Crippen molar-refractivity contribution in [2.75, 3.05) is 19.1 Å². The van der Waals surface area contributed by atoms with Crippen LogP contribution in [0.1, 0.15) is 31.2 Å². The molecule has 0 aromatic heterocycles. The highest BCUT2D eigenvalue weighted by Gasteiger charge is 2.39. The molecule has 0 radical (unpaired) electrons. The molecule has 2 aromatic carbocycles. The molecule has 4 rings (SSSR count). The first-order valence-electron chi connectivity index (χ1n) is 10.2. The van der Waals surface area contributed by atoms with Crippen LogP contribution in [0.3, 0.4) is 0 Å². The molecule has 5 nitrogen and oxygen atoms in total. The van der Waals surface area contributed by atoms with E-state index < -0.39 is 0 Å². The number of ketones is 1. The fourth-order valence-corrected chi connectivity index (χ4v) is 4.24. The van der Waals surface area contributed by atoms with Crippen LogP contribution in [0.5, 0.6) is 11.5 Å². The number of nitrogens with zero attached hydrogens (tertiary/aromatic N) is 1. The zero-order valence-corrected chi connectivity index (χ0v) is 17.3. The predicted octanol–water partition coefficient (Wildman–Crippen LogP) is 4.78. The molecule has 0 saturated carbocycles. The molecule has 1 aliphatic carbocycles. The number of methoxy groups -OCH3 is 2. The second-order valence-corrected chi connectivity index (χ2v) is 7.48. The predicted molar refractivity (Wildman–Crippen MR) is 116 cm³/mol. The molecule has 0 spiro atoms. The Kier molecular flexibility index (Phi) is 5.70. The largest absolute Gasteiger partial charge is 0.497 e. The van der Waals surface area contributed by atoms with E-state index in [4.69, 9.17) is 9.47 Å². The Morgan fingerprint density at radius 3 is 2.53 bits per heavy atom. The van der Waals surface area contributed by atoms with Gasteiger partial charge >= 0.3 is 0 Å². The Morgan fingerprint density at radius 1 is 1.00 bits per heavy atom. The van der Waals surface area contributed by atoms with E-state index in [0.717, 1.165) is 23.3 Å². The third-order valence-corrected chi connectivity index (χ3v) is 5.66. The summed E-state index contributed by atoms with van der Waals surface area (Å²) in [5.41, 5.74) is 3.21. The lowest BCUT2D eigenvalue weighted by Gasteiger charge is -2.37. The number of Topliss-reactive ketones (excluding diaryl/α,β-unsaturated/α-hetero) is 1. The van der Waals surface area contributed by atoms with Gasteiger partial charge in [0.15, 0.2) is 5.78 Å². The Bertz CT molecular complexity index is 1020. The molecule has 154 valence electrons. The Balaban J connectivity index is 1.79. The van der Waals surface area contributed by atoms with Crippen molar-refractivity contribution in [3.63, 3.8) is 0 Å². The van der Waals surface area contributed by atoms with Crippen molar-refractivity contribution in [2.45, 2.75) is 25.7 Å². The lowest BCUT2D eigenvalue weighted by molar-refractivity contribution is -0.120. The van der Waals surface area contributed by atoms with Crippen molar-refractivity contribution in [2.24, 2.45) is 5.92 Å². The monoisotopic (exact) mass is 403 g/mol. The smallest absolute Gasteiger partial charge is 0.232 e. The van der Waals surface area contributed by atoms with Crippen LogP contribution >= 0.6 is 0 Å². The van der Waals surface area contributed by atoms with Gasteiger partial charge in [-0.25, -0.2) is 0 Å². The average molecular weight is 403 g/mol. The maximum Gasteiger partial charge on any atom is 0.232 e. The van der Waals surface area contributed by atoms with Gasteiger partial charge in [0.05, 0.1) is 19.9 Å². The van der Waals surface area contributed by atoms with Gasteiger partial charge in [0.25, 0.3) is 0 Å². The summed E-state index contributed by atoms with van der Waals surface area (Å²) in [6, 6.07) is 15.3. The van der Waals surface area contributed by atoms with Crippen LogP contribution < -0.4 is 14.4 Å². The maximum atomic E-state index is 13.3. The molecule has 0 bridgehead atoms. The van der Waals surface area contributed by atoms with Crippen LogP contribution in [0, 0.1) is 5.92 Å². The minimum absolute atomic E-state index is 0.0438. The molecule has 30 heavy (non-hydrogen) atoms. The molecule has 0 saturated heterocycles. The van der Waals surface area contributed by atoms with Gasteiger partial charge in [-0.2, -0.15) is 0 Å². The van der Waals surface area contributed by atoms with Crippen molar-refractivity contribution in [3.8, 4) is 11.5 Å². The molecule has 1 atom stereocenters. The van der Waals surface area contributed by atoms with Crippen LogP contribution in [0.25, 0.3) is 6.08 Å². The molecule has 1 heterocycles. The van der Waals surface area contributed by atoms with E-state index in [1.165, 1.54) is 0 Å². The van der Waals surface area contributed by atoms with Gasteiger partial charge in [-0.15, -0.1) is 0 Å². The quantitative estimate of drug-likeness (QED) is 0.721. The Labute approximate surface area is 176 Å². The Hall–Kier alpha value is -3.34. The maximum absolute atomic E-state index is 13.3. The number of hydrogen-bond acceptors (Lipinski definition) is 4. The lowest BCUT2D eigenvalue weighted by Crippen LogP contribution is -2.41. The van der Waals surface area contributed by atoms with Gasteiger partial charge in [-0.1, -0.05) is 42.5 Å². The molecule has 1 unspecified atom stereocenters. The van der Waals surface area contributed by atoms with Crippen LogP contribution in [0.15, 0.2) is 65.9 Å². The van der Waals surface area contributed by atoms with Crippen molar-refractivity contribution < 1.29 is 19.1 Å². The van der Waals surface area contributed by atoms with E-state index in [0.29, 0.717) is 30.0 Å². The summed E-state index contributed by atoms with van der Waals surface area (Å²) >= 11 is 0. The molecule has 1 amide bonds. The minimum Gasteiger partial charge on any atom is -0.497 e. The second kappa shape index (κ2) is 8.57. The number of amides is 1. The summed E-state index contributed by atoms with van der Waals surface area (Å²) in [6.07, 6.45) is 6.17. The first-order valence-corrected chi connectivity index (χ1v) is 10.2. The van der Waals surface area contributed by atoms with Crippen LogP contribution in [0.4, 0.5) is 5.69 Å². The molecule has 2 aliphatic rings. The fourth-order valence-electron chi connectivity index (χ4n) is 4.24. The van der Waals surface area contributed by atoms with Crippen molar-refractivity contribution in [1.82, 2.24) is 0 Å². The fraction of sp³-hybridized carbons (Fsp3) is 0.280. The molecule has 2 aromatic rings. The summed E-state index contributed by atoms with van der Waals surface area (Å²) < 4.78 is 10.9. The number of anilines is 1. The van der Waals surface area contributed by atoms with Crippen LogP contribution in [-0.2, 0) is 9.59 Å². The first kappa shape index (κ1) is 20.0. The molecule has 1 aliphatic heterocycles. The standard InChI is InChI=1S/C25H25NO4/c1-29-19-13-14-23(30-2)21(16-19)26-20-9-6-10-22(27)25(20)18(15-24(26)28)12-11-17-7-4-3-5-8-17/h3-5,7-8,11-14,16,18H,6,9-10,15H2,1-2H3/b12-11+. The third-order valence-electron chi connectivity index (χ3n) is 5.66. The number of carbonyl (C=O) groups is 2. The van der Waals surface area contributed by atoms with Crippen molar-refractivity contribution >= 4 is 23.5 Å². The highest BCUT2D eigenvalue weighted by molar-refractivity contribution is 6.07. The molecule has 5 heteroatoms. The summed E-state index contributed by atoms with van der Waals surface area (Å²) in [5.74, 6) is 1.07. The SMILES string of the molecule is COc1ccc(OC)c(N2C(=O)CC(/C=C/c3ccccc3)C3=C2CCCC3=O)c1. The van der Waals surface area contributed by atoms with Gasteiger partial charge in [0.1, 0.15) is 11.5 Å². The number of ether oxygens (including phenoxy) is 2. The number of allylic oxidation sites excluding steroid dienone is 3. The number of benzene rings is 2. The summed E-state index contributed by atoms with van der Waals surface area (Å²) in [4.78, 5) is 27.9. The van der Waals surface area contributed by atoms with Crippen LogP contribution in [-0.4, -0.2) is 25.9 Å². The highest BCUT2D eigenvalue weighted by Crippen LogP contribution is 2.43. The minimum atomic E-state index is -0.214. The lowest BCUT2D eigenvalue weighted by atomic mass is 9.80. The van der Waals surface area contributed by atoms with Gasteiger partial charge in [-0.3, -0.25) is 14.5 Å². The number of hydrogen-bond donors (Lipinski definition) is 0. The van der Waals surface area contributed by atoms with Crippen molar-refractivity contribution in [3.05, 3.63) is 71.4 Å². The van der Waals surface area contributed by atoms with Crippen LogP contribution in [0.2, 0.25) is 0 Å². The van der Waals surface area contributed by atoms with E-state index in [9.17, 15) is 9.59 Å². The Morgan fingerprint density at radius 2 is 1.80 bits per heavy atom. The van der Waals surface area contributed by atoms with Gasteiger partial charge in [0.2, 0.25) is 5.91 Å². The summed E-state index contributed by atoms with van der Waals surface area (Å²) in [5, 5.41) is 0. The molecular formula is C25H25NO4. The van der Waals surface area contributed by atoms with Gasteiger partial charge in [-0.05, 0) is 30.5 Å².